The molecule has 3 aromatic heterocycles. The van der Waals surface area contributed by atoms with Crippen LogP contribution in [0.1, 0.15) is 0 Å². The van der Waals surface area contributed by atoms with Gasteiger partial charge >= 0.3 is 0 Å². The predicted octanol–water partition coefficient (Wildman–Crippen LogP) is 6.13. The molecule has 0 bridgehead atoms. The average molecular weight is 384 g/mol. The summed E-state index contributed by atoms with van der Waals surface area (Å²) in [6.45, 7) is 0. The molecule has 7 rings (SSSR count). The van der Waals surface area contributed by atoms with E-state index in [2.05, 4.69) is 99.6 Å². The predicted molar refractivity (Wildman–Crippen MR) is 122 cm³/mol. The normalized spacial score (nSPS) is 12.0. The van der Waals surface area contributed by atoms with Crippen LogP contribution in [0.4, 0.5) is 0 Å². The summed E-state index contributed by atoms with van der Waals surface area (Å²) in [6.07, 6.45) is 1.63. The Morgan fingerprint density at radius 2 is 1.13 bits per heavy atom. The Labute approximate surface area is 171 Å². The van der Waals surface area contributed by atoms with Crippen molar-refractivity contribution in [1.82, 2.24) is 19.2 Å². The standard InChI is InChI=1S/C26H16N4/c1-4-10-23-18(7-1)19-8-2-5-11-24(19)29(23)17-13-14-21-22(15-17)20-9-3-6-12-25(20)30-26(21)27-16-28-30/h1-16H. The molecule has 0 aliphatic rings. The fraction of sp³-hybridized carbons (Fsp3) is 0. The Kier molecular flexibility index (Phi) is 2.97. The molecule has 0 amide bonds. The lowest BCUT2D eigenvalue weighted by Crippen LogP contribution is -1.96. The van der Waals surface area contributed by atoms with Crippen LogP contribution in [0.25, 0.3) is 54.8 Å². The Balaban J connectivity index is 1.66. The molecular weight excluding hydrogens is 368 g/mol. The molecule has 0 saturated heterocycles. The van der Waals surface area contributed by atoms with Gasteiger partial charge in [-0.05, 0) is 41.8 Å². The summed E-state index contributed by atoms with van der Waals surface area (Å²) in [6, 6.07) is 32.2. The molecule has 7 aromatic rings. The Bertz CT molecular complexity index is 1700. The van der Waals surface area contributed by atoms with E-state index < -0.39 is 0 Å². The van der Waals surface area contributed by atoms with Gasteiger partial charge in [-0.3, -0.25) is 0 Å². The Morgan fingerprint density at radius 3 is 1.83 bits per heavy atom. The van der Waals surface area contributed by atoms with Gasteiger partial charge in [0, 0.05) is 27.2 Å². The van der Waals surface area contributed by atoms with E-state index in [0.717, 1.165) is 22.2 Å². The van der Waals surface area contributed by atoms with Gasteiger partial charge in [-0.2, -0.15) is 5.10 Å². The summed E-state index contributed by atoms with van der Waals surface area (Å²) in [5, 5.41) is 10.5. The van der Waals surface area contributed by atoms with E-state index in [1.54, 1.807) is 6.33 Å². The van der Waals surface area contributed by atoms with Gasteiger partial charge in [0.15, 0.2) is 5.65 Å². The van der Waals surface area contributed by atoms with Gasteiger partial charge in [0.1, 0.15) is 6.33 Å². The molecule has 0 N–H and O–H groups in total. The highest BCUT2D eigenvalue weighted by molar-refractivity contribution is 6.13. The van der Waals surface area contributed by atoms with E-state index in [0.29, 0.717) is 0 Å². The highest BCUT2D eigenvalue weighted by Crippen LogP contribution is 2.35. The fourth-order valence-corrected chi connectivity index (χ4v) is 4.78. The van der Waals surface area contributed by atoms with Crippen molar-refractivity contribution >= 4 is 49.1 Å². The minimum absolute atomic E-state index is 0.887. The topological polar surface area (TPSA) is 35.1 Å². The van der Waals surface area contributed by atoms with E-state index in [4.69, 9.17) is 0 Å². The molecule has 0 radical (unpaired) electrons. The van der Waals surface area contributed by atoms with Gasteiger partial charge in [0.2, 0.25) is 0 Å². The first-order valence-corrected chi connectivity index (χ1v) is 10.0. The maximum absolute atomic E-state index is 4.53. The average Bonchev–Trinajstić information content (AvgIpc) is 3.42. The highest BCUT2D eigenvalue weighted by atomic mass is 15.3. The van der Waals surface area contributed by atoms with Crippen molar-refractivity contribution in [2.45, 2.75) is 0 Å². The number of pyridine rings is 1. The van der Waals surface area contributed by atoms with Crippen LogP contribution >= 0.6 is 0 Å². The van der Waals surface area contributed by atoms with Gasteiger partial charge in [-0.15, -0.1) is 0 Å². The van der Waals surface area contributed by atoms with Crippen LogP contribution in [0.15, 0.2) is 97.3 Å². The van der Waals surface area contributed by atoms with Crippen molar-refractivity contribution < 1.29 is 0 Å². The molecular formula is C26H16N4. The second-order valence-electron chi connectivity index (χ2n) is 7.61. The van der Waals surface area contributed by atoms with E-state index in [1.165, 1.54) is 32.6 Å². The molecule has 30 heavy (non-hydrogen) atoms. The molecule has 3 heterocycles. The van der Waals surface area contributed by atoms with Gasteiger partial charge in [0.25, 0.3) is 0 Å². The molecule has 0 saturated carbocycles. The number of aromatic nitrogens is 4. The van der Waals surface area contributed by atoms with Crippen LogP contribution in [-0.4, -0.2) is 19.2 Å². The van der Waals surface area contributed by atoms with Crippen LogP contribution in [0.5, 0.6) is 0 Å². The molecule has 0 fully saturated rings. The number of para-hydroxylation sites is 3. The van der Waals surface area contributed by atoms with Gasteiger partial charge in [0.05, 0.1) is 16.6 Å². The minimum Gasteiger partial charge on any atom is -0.309 e. The zero-order valence-electron chi connectivity index (χ0n) is 16.0. The van der Waals surface area contributed by atoms with Crippen molar-refractivity contribution in [2.75, 3.05) is 0 Å². The Morgan fingerprint density at radius 1 is 0.533 bits per heavy atom. The molecule has 0 spiro atoms. The molecule has 0 atom stereocenters. The maximum atomic E-state index is 4.53. The van der Waals surface area contributed by atoms with Crippen molar-refractivity contribution in [1.29, 1.82) is 0 Å². The van der Waals surface area contributed by atoms with E-state index in [-0.39, 0.29) is 0 Å². The molecule has 0 aliphatic carbocycles. The number of hydrogen-bond acceptors (Lipinski definition) is 2. The van der Waals surface area contributed by atoms with Crippen LogP contribution in [-0.2, 0) is 0 Å². The lowest BCUT2D eigenvalue weighted by atomic mass is 10.1. The number of benzene rings is 4. The van der Waals surface area contributed by atoms with Crippen molar-refractivity contribution in [3.63, 3.8) is 0 Å². The van der Waals surface area contributed by atoms with E-state index in [9.17, 15) is 0 Å². The van der Waals surface area contributed by atoms with Gasteiger partial charge in [-0.1, -0.05) is 54.6 Å². The zero-order valence-corrected chi connectivity index (χ0v) is 16.0. The minimum atomic E-state index is 0.887. The third kappa shape index (κ3) is 1.95. The number of nitrogens with zero attached hydrogens (tertiary/aromatic N) is 4. The van der Waals surface area contributed by atoms with Crippen LogP contribution < -0.4 is 0 Å². The highest BCUT2D eigenvalue weighted by Gasteiger charge is 2.14. The van der Waals surface area contributed by atoms with Crippen molar-refractivity contribution in [3.05, 3.63) is 97.3 Å². The Hall–Kier alpha value is -4.18. The number of fused-ring (bicyclic) bond motifs is 9. The summed E-state index contributed by atoms with van der Waals surface area (Å²) < 4.78 is 4.28. The first-order chi connectivity index (χ1) is 14.9. The second kappa shape index (κ2) is 5.67. The monoisotopic (exact) mass is 384 g/mol. The van der Waals surface area contributed by atoms with Crippen molar-refractivity contribution in [2.24, 2.45) is 0 Å². The smallest absolute Gasteiger partial charge is 0.163 e. The summed E-state index contributed by atoms with van der Waals surface area (Å²) in [5.41, 5.74) is 5.53. The van der Waals surface area contributed by atoms with Crippen LogP contribution in [0.2, 0.25) is 0 Å². The fourth-order valence-electron chi connectivity index (χ4n) is 4.78. The number of hydrogen-bond donors (Lipinski definition) is 0. The molecule has 4 heteroatoms. The van der Waals surface area contributed by atoms with E-state index in [1.807, 2.05) is 10.6 Å². The SMILES string of the molecule is c1ccc2c(c1)c1ccccc1n2-c1ccc2c(c1)c1ccccc1n1ncnc21. The maximum Gasteiger partial charge on any atom is 0.163 e. The molecule has 140 valence electrons. The lowest BCUT2D eigenvalue weighted by Gasteiger charge is -2.12. The molecule has 0 aliphatic heterocycles. The van der Waals surface area contributed by atoms with Crippen LogP contribution in [0.3, 0.4) is 0 Å². The molecule has 0 unspecified atom stereocenters. The van der Waals surface area contributed by atoms with Crippen LogP contribution in [0, 0.1) is 0 Å². The zero-order chi connectivity index (χ0) is 19.7. The summed E-state index contributed by atoms with van der Waals surface area (Å²) in [5.74, 6) is 0. The number of rotatable bonds is 1. The summed E-state index contributed by atoms with van der Waals surface area (Å²) >= 11 is 0. The third-order valence-corrected chi connectivity index (χ3v) is 6.05. The van der Waals surface area contributed by atoms with Gasteiger partial charge < -0.3 is 4.57 Å². The van der Waals surface area contributed by atoms with E-state index >= 15 is 0 Å². The summed E-state index contributed by atoms with van der Waals surface area (Å²) in [4.78, 5) is 4.53. The lowest BCUT2D eigenvalue weighted by molar-refractivity contribution is 1.01. The summed E-state index contributed by atoms with van der Waals surface area (Å²) in [7, 11) is 0. The second-order valence-corrected chi connectivity index (χ2v) is 7.61. The molecule has 4 aromatic carbocycles. The quantitative estimate of drug-likeness (QED) is 0.319. The first-order valence-electron chi connectivity index (χ1n) is 10.0. The largest absolute Gasteiger partial charge is 0.309 e. The molecule has 4 nitrogen and oxygen atoms in total. The van der Waals surface area contributed by atoms with Gasteiger partial charge in [-0.25, -0.2) is 9.50 Å². The first kappa shape index (κ1) is 15.7. The van der Waals surface area contributed by atoms with Crippen molar-refractivity contribution in [3.8, 4) is 5.69 Å². The third-order valence-electron chi connectivity index (χ3n) is 6.05.